The number of para-hydroxylation sites is 1. The summed E-state index contributed by atoms with van der Waals surface area (Å²) >= 11 is 1.59. The molecule has 0 aliphatic carbocycles. The van der Waals surface area contributed by atoms with Gasteiger partial charge in [-0.2, -0.15) is 18.3 Å². The molecule has 0 unspecified atom stereocenters. The molecule has 6 nitrogen and oxygen atoms in total. The first kappa shape index (κ1) is 20.7. The number of H-pyrrole nitrogens is 1. The zero-order chi connectivity index (χ0) is 22.3. The van der Waals surface area contributed by atoms with E-state index in [2.05, 4.69) is 4.98 Å². The van der Waals surface area contributed by atoms with E-state index in [-0.39, 0.29) is 24.2 Å². The minimum Gasteiger partial charge on any atom is -0.303 e. The molecule has 4 heterocycles. The van der Waals surface area contributed by atoms with Crippen LogP contribution in [-0.4, -0.2) is 31.2 Å². The molecule has 0 atom stereocenters. The van der Waals surface area contributed by atoms with E-state index in [9.17, 15) is 18.0 Å². The summed E-state index contributed by atoms with van der Waals surface area (Å²) in [5.74, 6) is -1.24. The van der Waals surface area contributed by atoms with E-state index < -0.39 is 17.6 Å². The van der Waals surface area contributed by atoms with Gasteiger partial charge < -0.3 is 4.98 Å². The van der Waals surface area contributed by atoms with Crippen molar-refractivity contribution in [1.29, 1.82) is 0 Å². The van der Waals surface area contributed by atoms with Gasteiger partial charge in [0, 0.05) is 37.8 Å². The number of nitrogens with one attached hydrogen (secondary N) is 1. The molecule has 0 fully saturated rings. The third-order valence-corrected chi connectivity index (χ3v) is 6.25. The summed E-state index contributed by atoms with van der Waals surface area (Å²) in [6.07, 6.45) is -2.43. The molecule has 1 aliphatic rings. The van der Waals surface area contributed by atoms with Crippen molar-refractivity contribution in [3.63, 3.8) is 0 Å². The summed E-state index contributed by atoms with van der Waals surface area (Å²) in [7, 11) is 0. The van der Waals surface area contributed by atoms with Crippen LogP contribution < -0.4 is 5.56 Å². The van der Waals surface area contributed by atoms with Crippen molar-refractivity contribution in [2.45, 2.75) is 25.7 Å². The van der Waals surface area contributed by atoms with Gasteiger partial charge in [0.15, 0.2) is 0 Å². The number of fused-ring (bicyclic) bond motifs is 1. The molecule has 1 aliphatic heterocycles. The Morgan fingerprint density at radius 3 is 2.66 bits per heavy atom. The Morgan fingerprint density at radius 1 is 1.12 bits per heavy atom. The molecule has 5 rings (SSSR count). The normalized spacial score (nSPS) is 14.5. The molecule has 0 amide bonds. The topological polar surface area (TPSA) is 66.8 Å². The Bertz CT molecular complexity index is 1300. The zero-order valence-corrected chi connectivity index (χ0v) is 17.6. The first-order valence-corrected chi connectivity index (χ1v) is 10.9. The maximum atomic E-state index is 13.0. The number of aromatic amines is 1. The van der Waals surface area contributed by atoms with Crippen LogP contribution in [0, 0.1) is 0 Å². The third-order valence-electron chi connectivity index (χ3n) is 5.38. The van der Waals surface area contributed by atoms with Crippen LogP contribution in [0.25, 0.3) is 16.3 Å². The minimum atomic E-state index is -4.67. The fraction of sp³-hybridized carbons (Fsp3) is 0.227. The average Bonchev–Trinajstić information content (AvgIpc) is 3.44. The Balaban J connectivity index is 1.45. The summed E-state index contributed by atoms with van der Waals surface area (Å²) in [6, 6.07) is 13.7. The smallest absolute Gasteiger partial charge is 0.303 e. The Kier molecular flexibility index (Phi) is 5.18. The van der Waals surface area contributed by atoms with Gasteiger partial charge in [-0.15, -0.1) is 11.3 Å². The highest BCUT2D eigenvalue weighted by molar-refractivity contribution is 7.13. The number of rotatable bonds is 4. The summed E-state index contributed by atoms with van der Waals surface area (Å²) in [6.45, 7) is 1.25. The molecule has 0 bridgehead atoms. The van der Waals surface area contributed by atoms with Gasteiger partial charge in [-0.25, -0.2) is 9.67 Å². The van der Waals surface area contributed by atoms with Gasteiger partial charge in [-0.3, -0.25) is 9.69 Å². The largest absolute Gasteiger partial charge is 0.449 e. The Labute approximate surface area is 185 Å². The van der Waals surface area contributed by atoms with Crippen molar-refractivity contribution >= 4 is 11.3 Å². The van der Waals surface area contributed by atoms with E-state index in [1.54, 1.807) is 11.3 Å². The number of hydrogen-bond donors (Lipinski definition) is 1. The molecule has 0 saturated carbocycles. The van der Waals surface area contributed by atoms with E-state index in [1.165, 1.54) is 0 Å². The monoisotopic (exact) mass is 457 g/mol. The van der Waals surface area contributed by atoms with E-state index in [0.29, 0.717) is 13.1 Å². The summed E-state index contributed by atoms with van der Waals surface area (Å²) in [5, 5.41) is 6.77. The lowest BCUT2D eigenvalue weighted by Gasteiger charge is -2.27. The molecular formula is C22H18F3N5OS. The van der Waals surface area contributed by atoms with E-state index in [1.807, 2.05) is 68.6 Å². The molecule has 32 heavy (non-hydrogen) atoms. The molecular weight excluding hydrogens is 439 g/mol. The highest BCUT2D eigenvalue weighted by Crippen LogP contribution is 2.30. The highest BCUT2D eigenvalue weighted by Gasteiger charge is 2.36. The van der Waals surface area contributed by atoms with E-state index in [0.717, 1.165) is 21.8 Å². The van der Waals surface area contributed by atoms with Crippen molar-refractivity contribution in [2.75, 3.05) is 6.54 Å². The van der Waals surface area contributed by atoms with Crippen LogP contribution in [0.4, 0.5) is 13.2 Å². The van der Waals surface area contributed by atoms with Crippen LogP contribution in [0.15, 0.2) is 58.8 Å². The summed E-state index contributed by atoms with van der Waals surface area (Å²) < 4.78 is 40.7. The van der Waals surface area contributed by atoms with Crippen molar-refractivity contribution in [3.05, 3.63) is 87.0 Å². The van der Waals surface area contributed by atoms with Crippen LogP contribution in [0.1, 0.15) is 22.6 Å². The van der Waals surface area contributed by atoms with Crippen molar-refractivity contribution in [2.24, 2.45) is 0 Å². The lowest BCUT2D eigenvalue weighted by molar-refractivity contribution is -0.145. The maximum Gasteiger partial charge on any atom is 0.449 e. The van der Waals surface area contributed by atoms with Gasteiger partial charge in [-0.1, -0.05) is 24.3 Å². The van der Waals surface area contributed by atoms with Gasteiger partial charge in [0.2, 0.25) is 5.82 Å². The lowest BCUT2D eigenvalue weighted by Crippen LogP contribution is -2.36. The number of thiophene rings is 1. The summed E-state index contributed by atoms with van der Waals surface area (Å²) in [4.78, 5) is 21.0. The number of nitrogens with zero attached hydrogens (tertiary/aromatic N) is 4. The second-order valence-corrected chi connectivity index (χ2v) is 8.51. The van der Waals surface area contributed by atoms with E-state index in [4.69, 9.17) is 5.10 Å². The molecule has 3 aromatic heterocycles. The zero-order valence-electron chi connectivity index (χ0n) is 16.8. The maximum absolute atomic E-state index is 13.0. The fourth-order valence-electron chi connectivity index (χ4n) is 3.85. The SMILES string of the molecule is O=c1[nH]c(C(F)(F)F)nc2c1CN(Cc1cn(-c3ccccc3)nc1-c1cccs1)CC2. The van der Waals surface area contributed by atoms with Gasteiger partial charge in [0.25, 0.3) is 5.56 Å². The minimum absolute atomic E-state index is 0.218. The second kappa shape index (κ2) is 8.03. The van der Waals surface area contributed by atoms with Crippen molar-refractivity contribution in [3.8, 4) is 16.3 Å². The Hall–Kier alpha value is -3.24. The second-order valence-electron chi connectivity index (χ2n) is 7.56. The van der Waals surface area contributed by atoms with Crippen LogP contribution in [-0.2, 0) is 25.7 Å². The van der Waals surface area contributed by atoms with Crippen LogP contribution in [0.3, 0.4) is 0 Å². The number of aromatic nitrogens is 4. The average molecular weight is 457 g/mol. The predicted molar refractivity (Wildman–Crippen MR) is 115 cm³/mol. The fourth-order valence-corrected chi connectivity index (χ4v) is 4.59. The molecule has 1 N–H and O–H groups in total. The molecule has 10 heteroatoms. The Morgan fingerprint density at radius 2 is 1.94 bits per heavy atom. The standard InChI is InChI=1S/C22H18F3N5OS/c23-22(24,25)21-26-17-8-9-29(13-16(17)20(31)27-21)11-14-12-30(15-5-2-1-3-6-15)28-19(14)18-7-4-10-32-18/h1-7,10,12H,8-9,11,13H2,(H,26,27,31). The number of halogens is 3. The van der Waals surface area contributed by atoms with Gasteiger partial charge >= 0.3 is 6.18 Å². The quantitative estimate of drug-likeness (QED) is 0.497. The van der Waals surface area contributed by atoms with Gasteiger partial charge in [0.05, 0.1) is 21.8 Å². The highest BCUT2D eigenvalue weighted by atomic mass is 32.1. The van der Waals surface area contributed by atoms with Crippen LogP contribution in [0.5, 0.6) is 0 Å². The third kappa shape index (κ3) is 3.98. The number of alkyl halides is 3. The van der Waals surface area contributed by atoms with Crippen molar-refractivity contribution < 1.29 is 13.2 Å². The molecule has 0 spiro atoms. The molecule has 164 valence electrons. The molecule has 0 saturated heterocycles. The van der Waals surface area contributed by atoms with Gasteiger partial charge in [0.1, 0.15) is 5.69 Å². The molecule has 1 aromatic carbocycles. The molecule has 0 radical (unpaired) electrons. The summed E-state index contributed by atoms with van der Waals surface area (Å²) in [5.41, 5.74) is 2.55. The first-order valence-electron chi connectivity index (χ1n) is 9.98. The van der Waals surface area contributed by atoms with Gasteiger partial charge in [-0.05, 0) is 23.6 Å². The van der Waals surface area contributed by atoms with E-state index >= 15 is 0 Å². The first-order chi connectivity index (χ1) is 15.4. The lowest BCUT2D eigenvalue weighted by atomic mass is 10.1. The number of benzene rings is 1. The van der Waals surface area contributed by atoms with Crippen molar-refractivity contribution in [1.82, 2.24) is 24.6 Å². The number of hydrogen-bond acceptors (Lipinski definition) is 5. The van der Waals surface area contributed by atoms with Crippen LogP contribution >= 0.6 is 11.3 Å². The predicted octanol–water partition coefficient (Wildman–Crippen LogP) is 4.26. The van der Waals surface area contributed by atoms with Crippen LogP contribution in [0.2, 0.25) is 0 Å². The molecule has 4 aromatic rings.